The molecule has 0 bridgehead atoms. The van der Waals surface area contributed by atoms with Gasteiger partial charge in [0.1, 0.15) is 10.4 Å². The van der Waals surface area contributed by atoms with Gasteiger partial charge in [0, 0.05) is 6.54 Å². The Bertz CT molecular complexity index is 464. The highest BCUT2D eigenvalue weighted by atomic mass is 79.9. The maximum Gasteiger partial charge on any atom is 0.139 e. The molecular weight excluding hydrogens is 244 g/mol. The lowest BCUT2D eigenvalue weighted by Gasteiger charge is -2.01. The molecule has 1 heterocycles. The smallest absolute Gasteiger partial charge is 0.139 e. The molecule has 0 saturated heterocycles. The molecule has 0 aliphatic carbocycles. The SMILES string of the molecule is CCn1nc(Br)c2c(OC)cccc21. The fourth-order valence-corrected chi connectivity index (χ4v) is 2.15. The third-order valence-electron chi connectivity index (χ3n) is 2.22. The van der Waals surface area contributed by atoms with Crippen LogP contribution in [0.25, 0.3) is 10.9 Å². The van der Waals surface area contributed by atoms with E-state index in [2.05, 4.69) is 28.0 Å². The van der Waals surface area contributed by atoms with E-state index in [1.165, 1.54) is 0 Å². The fraction of sp³-hybridized carbons (Fsp3) is 0.300. The van der Waals surface area contributed by atoms with Crippen molar-refractivity contribution in [1.82, 2.24) is 9.78 Å². The van der Waals surface area contributed by atoms with Crippen LogP contribution in [0, 0.1) is 0 Å². The summed E-state index contributed by atoms with van der Waals surface area (Å²) in [6.07, 6.45) is 0. The molecule has 2 rings (SSSR count). The zero-order valence-electron chi connectivity index (χ0n) is 8.12. The van der Waals surface area contributed by atoms with E-state index in [-0.39, 0.29) is 0 Å². The fourth-order valence-electron chi connectivity index (χ4n) is 1.56. The minimum atomic E-state index is 0.840. The molecule has 14 heavy (non-hydrogen) atoms. The summed E-state index contributed by atoms with van der Waals surface area (Å²) in [6, 6.07) is 5.95. The lowest BCUT2D eigenvalue weighted by molar-refractivity contribution is 0.419. The summed E-state index contributed by atoms with van der Waals surface area (Å²) in [7, 11) is 1.67. The van der Waals surface area contributed by atoms with Gasteiger partial charge in [-0.1, -0.05) is 6.07 Å². The van der Waals surface area contributed by atoms with Crippen LogP contribution in [0.15, 0.2) is 22.8 Å². The monoisotopic (exact) mass is 254 g/mol. The molecule has 0 radical (unpaired) electrons. The van der Waals surface area contributed by atoms with Crippen LogP contribution in [0.3, 0.4) is 0 Å². The third-order valence-corrected chi connectivity index (χ3v) is 2.77. The van der Waals surface area contributed by atoms with Gasteiger partial charge in [-0.05, 0) is 35.0 Å². The molecule has 0 saturated carbocycles. The van der Waals surface area contributed by atoms with E-state index in [4.69, 9.17) is 4.74 Å². The second kappa shape index (κ2) is 3.61. The minimum Gasteiger partial charge on any atom is -0.496 e. The average molecular weight is 255 g/mol. The van der Waals surface area contributed by atoms with Crippen molar-refractivity contribution in [3.63, 3.8) is 0 Å². The standard InChI is InChI=1S/C10H11BrN2O/c1-3-13-7-5-4-6-8(14-2)9(7)10(11)12-13/h4-6H,3H2,1-2H3. The molecule has 0 N–H and O–H groups in total. The van der Waals surface area contributed by atoms with Crippen LogP contribution in [0.1, 0.15) is 6.92 Å². The van der Waals surface area contributed by atoms with Crippen molar-refractivity contribution < 1.29 is 4.74 Å². The predicted octanol–water partition coefficient (Wildman–Crippen LogP) is 2.83. The highest BCUT2D eigenvalue weighted by Crippen LogP contribution is 2.31. The molecule has 0 aliphatic heterocycles. The van der Waals surface area contributed by atoms with Gasteiger partial charge in [0.2, 0.25) is 0 Å². The van der Waals surface area contributed by atoms with Crippen molar-refractivity contribution in [3.8, 4) is 5.75 Å². The van der Waals surface area contributed by atoms with Crippen LogP contribution in [0.4, 0.5) is 0 Å². The van der Waals surface area contributed by atoms with Gasteiger partial charge < -0.3 is 4.74 Å². The van der Waals surface area contributed by atoms with Gasteiger partial charge in [-0.3, -0.25) is 4.68 Å². The van der Waals surface area contributed by atoms with Crippen molar-refractivity contribution in [2.75, 3.05) is 7.11 Å². The van der Waals surface area contributed by atoms with Crippen LogP contribution >= 0.6 is 15.9 Å². The van der Waals surface area contributed by atoms with Crippen molar-refractivity contribution in [1.29, 1.82) is 0 Å². The number of hydrogen-bond acceptors (Lipinski definition) is 2. The molecule has 1 aromatic heterocycles. The van der Waals surface area contributed by atoms with Gasteiger partial charge in [-0.2, -0.15) is 5.10 Å². The number of halogens is 1. The van der Waals surface area contributed by atoms with E-state index in [0.29, 0.717) is 0 Å². The van der Waals surface area contributed by atoms with Gasteiger partial charge in [0.05, 0.1) is 18.0 Å². The summed E-state index contributed by atoms with van der Waals surface area (Å²) < 4.78 is 8.07. The first-order valence-corrected chi connectivity index (χ1v) is 5.26. The largest absolute Gasteiger partial charge is 0.496 e. The highest BCUT2D eigenvalue weighted by Gasteiger charge is 2.11. The Kier molecular flexibility index (Phi) is 2.46. The molecule has 74 valence electrons. The lowest BCUT2D eigenvalue weighted by Crippen LogP contribution is -1.95. The lowest BCUT2D eigenvalue weighted by atomic mass is 10.2. The number of nitrogens with zero attached hydrogens (tertiary/aromatic N) is 2. The summed E-state index contributed by atoms with van der Waals surface area (Å²) >= 11 is 3.44. The molecule has 2 aromatic rings. The molecule has 0 aliphatic rings. The number of methoxy groups -OCH3 is 1. The van der Waals surface area contributed by atoms with E-state index in [1.807, 2.05) is 22.9 Å². The molecular formula is C10H11BrN2O. The number of aromatic nitrogens is 2. The normalized spacial score (nSPS) is 10.8. The molecule has 0 atom stereocenters. The molecule has 0 spiro atoms. The predicted molar refractivity (Wildman–Crippen MR) is 59.7 cm³/mol. The Balaban J connectivity index is 2.81. The highest BCUT2D eigenvalue weighted by molar-refractivity contribution is 9.10. The van der Waals surface area contributed by atoms with Gasteiger partial charge in [0.15, 0.2) is 0 Å². The maximum atomic E-state index is 5.28. The molecule has 4 heteroatoms. The van der Waals surface area contributed by atoms with Gasteiger partial charge >= 0.3 is 0 Å². The van der Waals surface area contributed by atoms with E-state index in [1.54, 1.807) is 7.11 Å². The number of hydrogen-bond donors (Lipinski definition) is 0. The number of rotatable bonds is 2. The van der Waals surface area contributed by atoms with Crippen molar-refractivity contribution in [2.45, 2.75) is 13.5 Å². The number of ether oxygens (including phenoxy) is 1. The minimum absolute atomic E-state index is 0.840. The topological polar surface area (TPSA) is 27.1 Å². The summed E-state index contributed by atoms with van der Waals surface area (Å²) in [6.45, 7) is 2.92. The number of benzene rings is 1. The summed E-state index contributed by atoms with van der Waals surface area (Å²) in [5.74, 6) is 0.856. The summed E-state index contributed by atoms with van der Waals surface area (Å²) in [5, 5.41) is 5.41. The first-order valence-electron chi connectivity index (χ1n) is 4.47. The van der Waals surface area contributed by atoms with Crippen LogP contribution < -0.4 is 4.74 Å². The second-order valence-electron chi connectivity index (χ2n) is 2.96. The van der Waals surface area contributed by atoms with Crippen LogP contribution in [-0.2, 0) is 6.54 Å². The van der Waals surface area contributed by atoms with Gasteiger partial charge in [-0.25, -0.2) is 0 Å². The van der Waals surface area contributed by atoms with E-state index >= 15 is 0 Å². The first-order chi connectivity index (χ1) is 6.77. The van der Waals surface area contributed by atoms with Crippen molar-refractivity contribution >= 4 is 26.8 Å². The van der Waals surface area contributed by atoms with Crippen LogP contribution in [-0.4, -0.2) is 16.9 Å². The molecule has 0 amide bonds. The van der Waals surface area contributed by atoms with E-state index in [0.717, 1.165) is 27.8 Å². The summed E-state index contributed by atoms with van der Waals surface area (Å²) in [4.78, 5) is 0. The van der Waals surface area contributed by atoms with Crippen LogP contribution in [0.5, 0.6) is 5.75 Å². The van der Waals surface area contributed by atoms with E-state index < -0.39 is 0 Å². The van der Waals surface area contributed by atoms with E-state index in [9.17, 15) is 0 Å². The molecule has 0 unspecified atom stereocenters. The molecule has 0 fully saturated rings. The van der Waals surface area contributed by atoms with Crippen molar-refractivity contribution in [3.05, 3.63) is 22.8 Å². The van der Waals surface area contributed by atoms with Gasteiger partial charge in [0.25, 0.3) is 0 Å². The Morgan fingerprint density at radius 1 is 1.50 bits per heavy atom. The zero-order valence-corrected chi connectivity index (χ0v) is 9.71. The van der Waals surface area contributed by atoms with Gasteiger partial charge in [-0.15, -0.1) is 0 Å². The zero-order chi connectivity index (χ0) is 10.1. The third kappa shape index (κ3) is 1.30. The Labute approximate surface area is 90.8 Å². The Morgan fingerprint density at radius 3 is 2.93 bits per heavy atom. The number of fused-ring (bicyclic) bond motifs is 1. The summed E-state index contributed by atoms with van der Waals surface area (Å²) in [5.41, 5.74) is 1.10. The molecule has 3 nitrogen and oxygen atoms in total. The second-order valence-corrected chi connectivity index (χ2v) is 3.71. The quantitative estimate of drug-likeness (QED) is 0.825. The maximum absolute atomic E-state index is 5.28. The number of aryl methyl sites for hydroxylation is 1. The average Bonchev–Trinajstić information content (AvgIpc) is 2.55. The van der Waals surface area contributed by atoms with Crippen LogP contribution in [0.2, 0.25) is 0 Å². The van der Waals surface area contributed by atoms with Crippen molar-refractivity contribution in [2.24, 2.45) is 0 Å². The Morgan fingerprint density at radius 2 is 2.29 bits per heavy atom. The Hall–Kier alpha value is -1.03. The molecule has 1 aromatic carbocycles. The first kappa shape index (κ1) is 9.52.